The van der Waals surface area contributed by atoms with Crippen LogP contribution < -0.4 is 0 Å². The van der Waals surface area contributed by atoms with Crippen molar-refractivity contribution in [1.82, 2.24) is 4.98 Å². The molecule has 1 rings (SSSR count). The number of nitrogens with zero attached hydrogens (tertiary/aromatic N) is 2. The van der Waals surface area contributed by atoms with E-state index in [9.17, 15) is 0 Å². The Kier molecular flexibility index (Phi) is 4.78. The lowest BCUT2D eigenvalue weighted by atomic mass is 10.2. The van der Waals surface area contributed by atoms with Gasteiger partial charge in [0.2, 0.25) is 0 Å². The average Bonchev–Trinajstić information content (AvgIpc) is 2.17. The fraction of sp³-hybridized carbons (Fsp3) is 0.400. The minimum atomic E-state index is 0.671. The number of halogens is 1. The van der Waals surface area contributed by atoms with Crippen LogP contribution in [0.25, 0.3) is 0 Å². The van der Waals surface area contributed by atoms with Gasteiger partial charge in [-0.1, -0.05) is 0 Å². The molecule has 0 fully saturated rings. The second kappa shape index (κ2) is 5.90. The number of alkyl halides is 1. The molecule has 0 bridgehead atoms. The SMILES string of the molecule is Cc1cc(C#N)cc(SCCCCl)n1. The Balaban J connectivity index is 2.68. The highest BCUT2D eigenvalue weighted by Gasteiger charge is 2.00. The summed E-state index contributed by atoms with van der Waals surface area (Å²) in [6, 6.07) is 5.71. The molecule has 74 valence electrons. The van der Waals surface area contributed by atoms with Crippen molar-refractivity contribution >= 4 is 23.4 Å². The first-order chi connectivity index (χ1) is 6.76. The molecule has 0 radical (unpaired) electrons. The summed E-state index contributed by atoms with van der Waals surface area (Å²) in [6.45, 7) is 1.90. The van der Waals surface area contributed by atoms with Crippen LogP contribution in [0.3, 0.4) is 0 Å². The number of nitriles is 1. The van der Waals surface area contributed by atoms with Gasteiger partial charge in [0.15, 0.2) is 0 Å². The molecule has 0 aliphatic heterocycles. The Morgan fingerprint density at radius 1 is 1.57 bits per heavy atom. The molecule has 0 aliphatic rings. The van der Waals surface area contributed by atoms with Gasteiger partial charge in [-0.3, -0.25) is 0 Å². The molecule has 1 heterocycles. The van der Waals surface area contributed by atoms with Crippen LogP contribution in [0.1, 0.15) is 17.7 Å². The van der Waals surface area contributed by atoms with Crippen LogP contribution in [0.15, 0.2) is 17.2 Å². The van der Waals surface area contributed by atoms with Crippen molar-refractivity contribution < 1.29 is 0 Å². The Labute approximate surface area is 93.3 Å². The number of pyridine rings is 1. The van der Waals surface area contributed by atoms with Crippen LogP contribution in [-0.2, 0) is 0 Å². The van der Waals surface area contributed by atoms with E-state index >= 15 is 0 Å². The van der Waals surface area contributed by atoms with Crippen molar-refractivity contribution in [2.24, 2.45) is 0 Å². The van der Waals surface area contributed by atoms with Crippen LogP contribution in [0.4, 0.5) is 0 Å². The van der Waals surface area contributed by atoms with Crippen molar-refractivity contribution in [3.63, 3.8) is 0 Å². The van der Waals surface area contributed by atoms with Crippen molar-refractivity contribution in [2.75, 3.05) is 11.6 Å². The van der Waals surface area contributed by atoms with Gasteiger partial charge in [-0.25, -0.2) is 4.98 Å². The highest BCUT2D eigenvalue weighted by molar-refractivity contribution is 7.99. The molecular formula is C10H11ClN2S. The summed E-state index contributed by atoms with van der Waals surface area (Å²) in [5.41, 5.74) is 1.56. The monoisotopic (exact) mass is 226 g/mol. The molecule has 0 aromatic carbocycles. The Morgan fingerprint density at radius 2 is 2.36 bits per heavy atom. The summed E-state index contributed by atoms with van der Waals surface area (Å²) in [6.07, 6.45) is 0.962. The zero-order valence-electron chi connectivity index (χ0n) is 7.96. The van der Waals surface area contributed by atoms with Crippen LogP contribution in [0.5, 0.6) is 0 Å². The first-order valence-corrected chi connectivity index (χ1v) is 5.86. The smallest absolute Gasteiger partial charge is 0.0993 e. The summed E-state index contributed by atoms with van der Waals surface area (Å²) in [7, 11) is 0. The lowest BCUT2D eigenvalue weighted by Gasteiger charge is -2.01. The van der Waals surface area contributed by atoms with Gasteiger partial charge in [0, 0.05) is 17.3 Å². The number of aromatic nitrogens is 1. The summed E-state index contributed by atoms with van der Waals surface area (Å²) in [5.74, 6) is 1.62. The van der Waals surface area contributed by atoms with Gasteiger partial charge in [0.05, 0.1) is 16.7 Å². The van der Waals surface area contributed by atoms with Crippen LogP contribution in [0.2, 0.25) is 0 Å². The van der Waals surface area contributed by atoms with E-state index in [4.69, 9.17) is 16.9 Å². The van der Waals surface area contributed by atoms with Crippen molar-refractivity contribution in [1.29, 1.82) is 5.26 Å². The van der Waals surface area contributed by atoms with Gasteiger partial charge >= 0.3 is 0 Å². The quantitative estimate of drug-likeness (QED) is 0.450. The Morgan fingerprint density at radius 3 is 3.00 bits per heavy atom. The molecule has 0 aliphatic carbocycles. The maximum Gasteiger partial charge on any atom is 0.0993 e. The van der Waals surface area contributed by atoms with Crippen molar-refractivity contribution in [3.05, 3.63) is 23.4 Å². The molecule has 14 heavy (non-hydrogen) atoms. The summed E-state index contributed by atoms with van der Waals surface area (Å²) < 4.78 is 0. The normalized spacial score (nSPS) is 9.79. The zero-order chi connectivity index (χ0) is 10.4. The lowest BCUT2D eigenvalue weighted by molar-refractivity contribution is 1.04. The zero-order valence-corrected chi connectivity index (χ0v) is 9.53. The van der Waals surface area contributed by atoms with E-state index in [1.807, 2.05) is 13.0 Å². The standard InChI is InChI=1S/C10H11ClN2S/c1-8-5-9(7-12)6-10(13-8)14-4-2-3-11/h5-6H,2-4H2,1H3. The largest absolute Gasteiger partial charge is 0.247 e. The molecule has 0 saturated heterocycles. The second-order valence-corrected chi connectivity index (χ2v) is 4.33. The van der Waals surface area contributed by atoms with Gasteiger partial charge in [0.25, 0.3) is 0 Å². The van der Waals surface area contributed by atoms with E-state index in [-0.39, 0.29) is 0 Å². The molecule has 0 N–H and O–H groups in total. The number of hydrogen-bond donors (Lipinski definition) is 0. The van der Waals surface area contributed by atoms with Crippen LogP contribution in [0, 0.1) is 18.3 Å². The molecule has 0 amide bonds. The van der Waals surface area contributed by atoms with E-state index in [2.05, 4.69) is 11.1 Å². The minimum absolute atomic E-state index is 0.671. The topological polar surface area (TPSA) is 36.7 Å². The average molecular weight is 227 g/mol. The number of hydrogen-bond acceptors (Lipinski definition) is 3. The maximum atomic E-state index is 8.75. The lowest BCUT2D eigenvalue weighted by Crippen LogP contribution is -1.89. The van der Waals surface area contributed by atoms with Gasteiger partial charge in [-0.15, -0.1) is 23.4 Å². The molecule has 1 aromatic rings. The number of thioether (sulfide) groups is 1. The third kappa shape index (κ3) is 3.57. The molecule has 0 saturated carbocycles. The van der Waals surface area contributed by atoms with Gasteiger partial charge in [-0.05, 0) is 25.5 Å². The van der Waals surface area contributed by atoms with Gasteiger partial charge in [-0.2, -0.15) is 5.26 Å². The summed E-state index contributed by atoms with van der Waals surface area (Å²) >= 11 is 7.21. The van der Waals surface area contributed by atoms with Crippen molar-refractivity contribution in [2.45, 2.75) is 18.4 Å². The molecule has 0 unspecified atom stereocenters. The number of aryl methyl sites for hydroxylation is 1. The van der Waals surface area contributed by atoms with E-state index < -0.39 is 0 Å². The van der Waals surface area contributed by atoms with Gasteiger partial charge in [0.1, 0.15) is 0 Å². The van der Waals surface area contributed by atoms with E-state index in [0.29, 0.717) is 11.4 Å². The maximum absolute atomic E-state index is 8.75. The molecule has 1 aromatic heterocycles. The third-order valence-corrected chi connectivity index (χ3v) is 2.85. The van der Waals surface area contributed by atoms with E-state index in [1.54, 1.807) is 17.8 Å². The highest BCUT2D eigenvalue weighted by atomic mass is 35.5. The molecule has 0 atom stereocenters. The predicted molar refractivity (Wildman–Crippen MR) is 59.8 cm³/mol. The van der Waals surface area contributed by atoms with E-state index in [0.717, 1.165) is 22.9 Å². The minimum Gasteiger partial charge on any atom is -0.247 e. The highest BCUT2D eigenvalue weighted by Crippen LogP contribution is 2.18. The van der Waals surface area contributed by atoms with Crippen LogP contribution >= 0.6 is 23.4 Å². The number of rotatable bonds is 4. The second-order valence-electron chi connectivity index (χ2n) is 2.84. The van der Waals surface area contributed by atoms with Crippen LogP contribution in [-0.4, -0.2) is 16.6 Å². The predicted octanol–water partition coefficient (Wildman–Crippen LogP) is 2.98. The molecule has 0 spiro atoms. The fourth-order valence-corrected chi connectivity index (χ4v) is 2.22. The Bertz CT molecular complexity index is 346. The van der Waals surface area contributed by atoms with Crippen molar-refractivity contribution in [3.8, 4) is 6.07 Å². The summed E-state index contributed by atoms with van der Waals surface area (Å²) in [4.78, 5) is 4.32. The first kappa shape index (κ1) is 11.4. The van der Waals surface area contributed by atoms with Gasteiger partial charge < -0.3 is 0 Å². The van der Waals surface area contributed by atoms with E-state index in [1.165, 1.54) is 0 Å². The molecule has 4 heteroatoms. The first-order valence-electron chi connectivity index (χ1n) is 4.34. The fourth-order valence-electron chi connectivity index (χ4n) is 1.01. The Hall–Kier alpha value is -0.720. The molecule has 2 nitrogen and oxygen atoms in total. The molecular weight excluding hydrogens is 216 g/mol. The third-order valence-electron chi connectivity index (χ3n) is 1.59. The summed E-state index contributed by atoms with van der Waals surface area (Å²) in [5, 5.41) is 9.66.